The Balaban J connectivity index is -0.000000720. The lowest BCUT2D eigenvalue weighted by atomic mass is 10.2. The summed E-state index contributed by atoms with van der Waals surface area (Å²) in [6, 6.07) is 0.349. The fraction of sp³-hybridized carbons (Fsp3) is 1.00. The van der Waals surface area contributed by atoms with E-state index >= 15 is 0 Å². The van der Waals surface area contributed by atoms with Gasteiger partial charge in [-0.25, -0.2) is 0 Å². The van der Waals surface area contributed by atoms with E-state index in [1.165, 1.54) is 0 Å². The van der Waals surface area contributed by atoms with E-state index in [9.17, 15) is 0 Å². The smallest absolute Gasteiger partial charge is 0.0584 e. The number of aliphatic hydroxyl groups is 2. The minimum Gasteiger partial charge on any atom is -0.395 e. The molecule has 4 nitrogen and oxygen atoms in total. The molecule has 0 heterocycles. The molecule has 0 aliphatic heterocycles. The van der Waals surface area contributed by atoms with Crippen molar-refractivity contribution in [2.75, 3.05) is 26.3 Å². The Morgan fingerprint density at radius 2 is 1.53 bits per heavy atom. The Labute approximate surface area is 105 Å². The van der Waals surface area contributed by atoms with E-state index in [1.807, 2.05) is 13.8 Å². The molecule has 0 saturated heterocycles. The van der Waals surface area contributed by atoms with Crippen LogP contribution in [0.5, 0.6) is 0 Å². The maximum Gasteiger partial charge on any atom is 0.0584 e. The van der Waals surface area contributed by atoms with E-state index in [0.717, 1.165) is 19.5 Å². The molecule has 0 aliphatic rings. The number of rotatable bonds is 8. The van der Waals surface area contributed by atoms with E-state index in [-0.39, 0.29) is 50.1 Å². The molecular formula is C9H24Cl2N2O2. The predicted molar refractivity (Wildman–Crippen MR) is 68.2 cm³/mol. The predicted octanol–water partition coefficient (Wildman–Crippen LogP) is 0.161. The Morgan fingerprint density at radius 3 is 1.93 bits per heavy atom. The van der Waals surface area contributed by atoms with Gasteiger partial charge in [-0.15, -0.1) is 24.8 Å². The second kappa shape index (κ2) is 14.4. The van der Waals surface area contributed by atoms with Gasteiger partial charge in [0.25, 0.3) is 0 Å². The first-order valence-corrected chi connectivity index (χ1v) is 4.93. The standard InChI is InChI=1S/C9H22N2O2.2ClH/c1-3-9(7-13)11-5-4-10-8(2)6-12;;/h8-13H,3-7H2,1-2H3;2*1H/t8-,9-;;/m0../s1. The van der Waals surface area contributed by atoms with Crippen LogP contribution in [0.3, 0.4) is 0 Å². The van der Waals surface area contributed by atoms with Gasteiger partial charge in [0.15, 0.2) is 0 Å². The number of aliphatic hydroxyl groups excluding tert-OH is 2. The Bertz CT molecular complexity index is 116. The highest BCUT2D eigenvalue weighted by Gasteiger charge is 2.02. The minimum absolute atomic E-state index is 0. The van der Waals surface area contributed by atoms with Gasteiger partial charge in [-0.3, -0.25) is 0 Å². The SMILES string of the molecule is CC[C@@H](CO)NCCN[C@@H](C)CO.Cl.Cl. The van der Waals surface area contributed by atoms with Crippen LogP contribution in [0.15, 0.2) is 0 Å². The summed E-state index contributed by atoms with van der Waals surface area (Å²) in [5, 5.41) is 23.9. The summed E-state index contributed by atoms with van der Waals surface area (Å²) in [6.07, 6.45) is 0.937. The largest absolute Gasteiger partial charge is 0.395 e. The number of nitrogens with one attached hydrogen (secondary N) is 2. The molecule has 0 fully saturated rings. The molecule has 0 saturated carbocycles. The third-order valence-corrected chi connectivity index (χ3v) is 2.04. The fourth-order valence-electron chi connectivity index (χ4n) is 0.997. The molecule has 0 radical (unpaired) electrons. The van der Waals surface area contributed by atoms with Gasteiger partial charge in [0, 0.05) is 25.2 Å². The van der Waals surface area contributed by atoms with Crippen molar-refractivity contribution in [3.8, 4) is 0 Å². The average Bonchev–Trinajstić information content (AvgIpc) is 2.18. The van der Waals surface area contributed by atoms with Crippen molar-refractivity contribution in [2.45, 2.75) is 32.4 Å². The summed E-state index contributed by atoms with van der Waals surface area (Å²) < 4.78 is 0. The summed E-state index contributed by atoms with van der Waals surface area (Å²) in [6.45, 7) is 5.96. The van der Waals surface area contributed by atoms with Gasteiger partial charge in [-0.1, -0.05) is 6.92 Å². The molecule has 0 rings (SSSR count). The zero-order valence-corrected chi connectivity index (χ0v) is 11.0. The molecule has 15 heavy (non-hydrogen) atoms. The van der Waals surface area contributed by atoms with Crippen LogP contribution in [0.2, 0.25) is 0 Å². The minimum atomic E-state index is 0. The highest BCUT2D eigenvalue weighted by Crippen LogP contribution is 1.86. The highest BCUT2D eigenvalue weighted by molar-refractivity contribution is 5.85. The summed E-state index contributed by atoms with van der Waals surface area (Å²) in [5.74, 6) is 0. The van der Waals surface area contributed by atoms with E-state index < -0.39 is 0 Å². The van der Waals surface area contributed by atoms with Gasteiger partial charge in [0.2, 0.25) is 0 Å². The van der Waals surface area contributed by atoms with Gasteiger partial charge >= 0.3 is 0 Å². The third-order valence-electron chi connectivity index (χ3n) is 2.04. The first-order chi connectivity index (χ1) is 6.24. The van der Waals surface area contributed by atoms with Crippen molar-refractivity contribution in [2.24, 2.45) is 0 Å². The maximum absolute atomic E-state index is 8.86. The van der Waals surface area contributed by atoms with Crippen molar-refractivity contribution in [1.29, 1.82) is 0 Å². The zero-order valence-electron chi connectivity index (χ0n) is 9.40. The first-order valence-electron chi connectivity index (χ1n) is 4.93. The molecule has 0 aromatic carbocycles. The first kappa shape index (κ1) is 20.8. The molecule has 2 atom stereocenters. The Hall–Kier alpha value is 0.420. The average molecular weight is 263 g/mol. The second-order valence-electron chi connectivity index (χ2n) is 3.28. The van der Waals surface area contributed by atoms with Gasteiger partial charge < -0.3 is 20.8 Å². The van der Waals surface area contributed by atoms with Crippen molar-refractivity contribution < 1.29 is 10.2 Å². The van der Waals surface area contributed by atoms with Crippen molar-refractivity contribution in [1.82, 2.24) is 10.6 Å². The van der Waals surface area contributed by atoms with Gasteiger partial charge in [-0.2, -0.15) is 0 Å². The number of hydrogen-bond acceptors (Lipinski definition) is 4. The van der Waals surface area contributed by atoms with E-state index in [0.29, 0.717) is 0 Å². The summed E-state index contributed by atoms with van der Waals surface area (Å²) in [7, 11) is 0. The lowest BCUT2D eigenvalue weighted by molar-refractivity contribution is 0.234. The fourth-order valence-corrected chi connectivity index (χ4v) is 0.997. The van der Waals surface area contributed by atoms with Crippen LogP contribution in [0.4, 0.5) is 0 Å². The molecular weight excluding hydrogens is 239 g/mol. The van der Waals surface area contributed by atoms with Crippen LogP contribution in [-0.4, -0.2) is 48.6 Å². The van der Waals surface area contributed by atoms with Crippen LogP contribution in [0.1, 0.15) is 20.3 Å². The van der Waals surface area contributed by atoms with Crippen molar-refractivity contribution >= 4 is 24.8 Å². The molecule has 0 unspecified atom stereocenters. The lowest BCUT2D eigenvalue weighted by Gasteiger charge is -2.15. The maximum atomic E-state index is 8.86. The number of halogens is 2. The molecule has 0 aromatic heterocycles. The Kier molecular flexibility index (Phi) is 20.0. The lowest BCUT2D eigenvalue weighted by Crippen LogP contribution is -2.40. The third kappa shape index (κ3) is 12.4. The summed E-state index contributed by atoms with van der Waals surface area (Å²) in [5.41, 5.74) is 0. The zero-order chi connectivity index (χ0) is 10.1. The van der Waals surface area contributed by atoms with Gasteiger partial charge in [0.05, 0.1) is 13.2 Å². The van der Waals surface area contributed by atoms with E-state index in [2.05, 4.69) is 10.6 Å². The van der Waals surface area contributed by atoms with Gasteiger partial charge in [-0.05, 0) is 13.3 Å². The molecule has 0 bridgehead atoms. The monoisotopic (exact) mass is 262 g/mol. The van der Waals surface area contributed by atoms with Gasteiger partial charge in [0.1, 0.15) is 0 Å². The molecule has 0 aliphatic carbocycles. The molecule has 4 N–H and O–H groups in total. The molecule has 96 valence electrons. The Morgan fingerprint density at radius 1 is 1.00 bits per heavy atom. The normalized spacial score (nSPS) is 13.6. The van der Waals surface area contributed by atoms with Crippen LogP contribution in [0.25, 0.3) is 0 Å². The number of hydrogen-bond donors (Lipinski definition) is 4. The molecule has 0 spiro atoms. The van der Waals surface area contributed by atoms with E-state index in [1.54, 1.807) is 0 Å². The highest BCUT2D eigenvalue weighted by atomic mass is 35.5. The van der Waals surface area contributed by atoms with Crippen LogP contribution in [-0.2, 0) is 0 Å². The van der Waals surface area contributed by atoms with E-state index in [4.69, 9.17) is 10.2 Å². The summed E-state index contributed by atoms with van der Waals surface area (Å²) in [4.78, 5) is 0. The van der Waals surface area contributed by atoms with Crippen molar-refractivity contribution in [3.05, 3.63) is 0 Å². The molecule has 0 aromatic rings. The van der Waals surface area contributed by atoms with Crippen LogP contribution in [0, 0.1) is 0 Å². The molecule has 6 heteroatoms. The van der Waals surface area contributed by atoms with Crippen LogP contribution < -0.4 is 10.6 Å². The quantitative estimate of drug-likeness (QED) is 0.471. The van der Waals surface area contributed by atoms with Crippen molar-refractivity contribution in [3.63, 3.8) is 0 Å². The van der Waals surface area contributed by atoms with Crippen LogP contribution >= 0.6 is 24.8 Å². The second-order valence-corrected chi connectivity index (χ2v) is 3.28. The molecule has 0 amide bonds. The summed E-state index contributed by atoms with van der Waals surface area (Å²) >= 11 is 0. The topological polar surface area (TPSA) is 64.5 Å².